The Morgan fingerprint density at radius 2 is 2.15 bits per heavy atom. The number of fused-ring (bicyclic) bond motifs is 1. The Morgan fingerprint density at radius 1 is 1.30 bits per heavy atom. The van der Waals surface area contributed by atoms with Crippen LogP contribution in [0.25, 0.3) is 0 Å². The van der Waals surface area contributed by atoms with Gasteiger partial charge in [-0.1, -0.05) is 12.1 Å². The lowest BCUT2D eigenvalue weighted by Crippen LogP contribution is -2.24. The molecule has 0 N–H and O–H groups in total. The molecule has 0 atom stereocenters. The average Bonchev–Trinajstić information content (AvgIpc) is 2.74. The van der Waals surface area contributed by atoms with Gasteiger partial charge in [-0.25, -0.2) is 0 Å². The molecule has 0 fully saturated rings. The molecule has 4 nitrogen and oxygen atoms in total. The zero-order valence-corrected chi connectivity index (χ0v) is 11.4. The van der Waals surface area contributed by atoms with E-state index in [1.807, 2.05) is 32.0 Å². The van der Waals surface area contributed by atoms with Gasteiger partial charge in [-0.05, 0) is 26.0 Å². The van der Waals surface area contributed by atoms with Crippen LogP contribution in [0.2, 0.25) is 0 Å². The lowest BCUT2D eigenvalue weighted by atomic mass is 10.0. The maximum Gasteiger partial charge on any atom is 0.169 e. The van der Waals surface area contributed by atoms with Gasteiger partial charge in [0.1, 0.15) is 11.7 Å². The van der Waals surface area contributed by atoms with Crippen molar-refractivity contribution in [3.8, 4) is 23.3 Å². The molecule has 1 aliphatic heterocycles. The Hall–Kier alpha value is -2.54. The number of para-hydroxylation sites is 1. The van der Waals surface area contributed by atoms with Crippen LogP contribution in [0.5, 0.6) is 17.2 Å². The first-order valence-corrected chi connectivity index (χ1v) is 6.42. The molecular formula is C16H14N2O2. The fourth-order valence-electron chi connectivity index (χ4n) is 2.34. The van der Waals surface area contributed by atoms with Gasteiger partial charge >= 0.3 is 0 Å². The lowest BCUT2D eigenvalue weighted by molar-refractivity contribution is 0.135. The molecule has 0 saturated carbocycles. The molecule has 100 valence electrons. The highest BCUT2D eigenvalue weighted by atomic mass is 16.5. The van der Waals surface area contributed by atoms with Crippen LogP contribution in [0.15, 0.2) is 36.7 Å². The van der Waals surface area contributed by atoms with E-state index < -0.39 is 0 Å². The van der Waals surface area contributed by atoms with E-state index in [2.05, 4.69) is 11.1 Å². The SMILES string of the molecule is CC1(C)Cc2cccc(Oc3cnccc3C#N)c2O1. The predicted molar refractivity (Wildman–Crippen MR) is 73.9 cm³/mol. The van der Waals surface area contributed by atoms with E-state index in [9.17, 15) is 0 Å². The zero-order valence-electron chi connectivity index (χ0n) is 11.4. The second-order valence-corrected chi connectivity index (χ2v) is 5.37. The number of hydrogen-bond acceptors (Lipinski definition) is 4. The molecule has 1 aromatic heterocycles. The Labute approximate surface area is 117 Å². The van der Waals surface area contributed by atoms with E-state index in [0.29, 0.717) is 17.1 Å². The third-order valence-corrected chi connectivity index (χ3v) is 3.18. The van der Waals surface area contributed by atoms with Crippen molar-refractivity contribution in [1.82, 2.24) is 4.98 Å². The van der Waals surface area contributed by atoms with Crippen molar-refractivity contribution in [2.45, 2.75) is 25.9 Å². The van der Waals surface area contributed by atoms with Gasteiger partial charge in [0, 0.05) is 18.2 Å². The number of ether oxygens (including phenoxy) is 2. The summed E-state index contributed by atoms with van der Waals surface area (Å²) in [7, 11) is 0. The lowest BCUT2D eigenvalue weighted by Gasteiger charge is -2.18. The van der Waals surface area contributed by atoms with E-state index in [-0.39, 0.29) is 5.60 Å². The van der Waals surface area contributed by atoms with Gasteiger partial charge in [0.25, 0.3) is 0 Å². The van der Waals surface area contributed by atoms with Crippen LogP contribution in [0.1, 0.15) is 25.0 Å². The highest BCUT2D eigenvalue weighted by molar-refractivity contribution is 5.53. The molecule has 0 bridgehead atoms. The van der Waals surface area contributed by atoms with Crippen LogP contribution in [0.3, 0.4) is 0 Å². The van der Waals surface area contributed by atoms with Gasteiger partial charge in [0.05, 0.1) is 11.8 Å². The third kappa shape index (κ3) is 2.19. The minimum atomic E-state index is -0.227. The summed E-state index contributed by atoms with van der Waals surface area (Å²) in [5, 5.41) is 9.08. The highest BCUT2D eigenvalue weighted by Crippen LogP contribution is 2.43. The molecule has 2 heterocycles. The normalized spacial score (nSPS) is 15.1. The molecular weight excluding hydrogens is 252 g/mol. The second kappa shape index (κ2) is 4.53. The Balaban J connectivity index is 1.98. The molecule has 1 aromatic carbocycles. The fraction of sp³-hybridized carbons (Fsp3) is 0.250. The number of benzene rings is 1. The molecule has 0 unspecified atom stereocenters. The maximum atomic E-state index is 9.08. The van der Waals surface area contributed by atoms with Gasteiger partial charge in [0.15, 0.2) is 17.2 Å². The number of hydrogen-bond donors (Lipinski definition) is 0. The molecule has 0 saturated heterocycles. The number of rotatable bonds is 2. The molecule has 4 heteroatoms. The number of pyridine rings is 1. The van der Waals surface area contributed by atoms with Crippen molar-refractivity contribution in [2.24, 2.45) is 0 Å². The molecule has 0 radical (unpaired) electrons. The van der Waals surface area contributed by atoms with E-state index >= 15 is 0 Å². The summed E-state index contributed by atoms with van der Waals surface area (Å²) < 4.78 is 11.8. The van der Waals surface area contributed by atoms with Crippen molar-refractivity contribution >= 4 is 0 Å². The van der Waals surface area contributed by atoms with Crippen molar-refractivity contribution < 1.29 is 9.47 Å². The zero-order chi connectivity index (χ0) is 14.2. The molecule has 0 spiro atoms. The topological polar surface area (TPSA) is 55.1 Å². The number of nitriles is 1. The number of aromatic nitrogens is 1. The summed E-state index contributed by atoms with van der Waals surface area (Å²) >= 11 is 0. The predicted octanol–water partition coefficient (Wildman–Crippen LogP) is 3.46. The number of nitrogens with zero attached hydrogens (tertiary/aromatic N) is 2. The molecule has 3 rings (SSSR count). The van der Waals surface area contributed by atoms with Crippen molar-refractivity contribution in [2.75, 3.05) is 0 Å². The summed E-state index contributed by atoms with van der Waals surface area (Å²) in [5.41, 5.74) is 1.35. The van der Waals surface area contributed by atoms with Crippen LogP contribution in [0, 0.1) is 11.3 Å². The minimum absolute atomic E-state index is 0.227. The molecule has 1 aliphatic rings. The van der Waals surface area contributed by atoms with Crippen LogP contribution in [-0.4, -0.2) is 10.6 Å². The van der Waals surface area contributed by atoms with Gasteiger partial charge < -0.3 is 9.47 Å². The monoisotopic (exact) mass is 266 g/mol. The van der Waals surface area contributed by atoms with Gasteiger partial charge in [-0.2, -0.15) is 5.26 Å². The van der Waals surface area contributed by atoms with Crippen molar-refractivity contribution in [3.63, 3.8) is 0 Å². The van der Waals surface area contributed by atoms with Gasteiger partial charge in [-0.3, -0.25) is 4.98 Å². The van der Waals surface area contributed by atoms with E-state index in [1.54, 1.807) is 12.3 Å². The van der Waals surface area contributed by atoms with Crippen molar-refractivity contribution in [1.29, 1.82) is 5.26 Å². The Bertz CT molecular complexity index is 702. The average molecular weight is 266 g/mol. The molecule has 2 aromatic rings. The highest BCUT2D eigenvalue weighted by Gasteiger charge is 2.32. The summed E-state index contributed by atoms with van der Waals surface area (Å²) in [5.74, 6) is 1.82. The van der Waals surface area contributed by atoms with Crippen LogP contribution < -0.4 is 9.47 Å². The summed E-state index contributed by atoms with van der Waals surface area (Å²) in [6.07, 6.45) is 3.95. The first kappa shape index (κ1) is 12.5. The quantitative estimate of drug-likeness (QED) is 0.835. The summed E-state index contributed by atoms with van der Waals surface area (Å²) in [6, 6.07) is 9.53. The Morgan fingerprint density at radius 3 is 2.95 bits per heavy atom. The summed E-state index contributed by atoms with van der Waals surface area (Å²) in [4.78, 5) is 3.99. The van der Waals surface area contributed by atoms with E-state index in [1.165, 1.54) is 6.20 Å². The second-order valence-electron chi connectivity index (χ2n) is 5.37. The maximum absolute atomic E-state index is 9.08. The van der Waals surface area contributed by atoms with Gasteiger partial charge in [0.2, 0.25) is 0 Å². The van der Waals surface area contributed by atoms with E-state index in [0.717, 1.165) is 17.7 Å². The summed E-state index contributed by atoms with van der Waals surface area (Å²) in [6.45, 7) is 4.09. The third-order valence-electron chi connectivity index (χ3n) is 3.18. The Kier molecular flexibility index (Phi) is 2.83. The largest absolute Gasteiger partial charge is 0.483 e. The van der Waals surface area contributed by atoms with Gasteiger partial charge in [-0.15, -0.1) is 0 Å². The fourth-order valence-corrected chi connectivity index (χ4v) is 2.34. The van der Waals surface area contributed by atoms with Crippen LogP contribution >= 0.6 is 0 Å². The van der Waals surface area contributed by atoms with Crippen LogP contribution in [0.4, 0.5) is 0 Å². The van der Waals surface area contributed by atoms with Crippen LogP contribution in [-0.2, 0) is 6.42 Å². The first-order chi connectivity index (χ1) is 9.59. The standard InChI is InChI=1S/C16H14N2O2/c1-16(2)8-11-4-3-5-13(15(11)20-16)19-14-10-18-7-6-12(14)9-17/h3-7,10H,8H2,1-2H3. The molecule has 0 aliphatic carbocycles. The molecule has 0 amide bonds. The smallest absolute Gasteiger partial charge is 0.169 e. The minimum Gasteiger partial charge on any atom is -0.483 e. The van der Waals surface area contributed by atoms with E-state index in [4.69, 9.17) is 14.7 Å². The van der Waals surface area contributed by atoms with Crippen molar-refractivity contribution in [3.05, 3.63) is 47.8 Å². The first-order valence-electron chi connectivity index (χ1n) is 6.42. The molecule has 20 heavy (non-hydrogen) atoms.